The summed E-state index contributed by atoms with van der Waals surface area (Å²) in [5.74, 6) is 0.844. The fourth-order valence-corrected chi connectivity index (χ4v) is 2.76. The number of anilines is 2. The fourth-order valence-electron chi connectivity index (χ4n) is 2.76. The van der Waals surface area contributed by atoms with E-state index in [0.717, 1.165) is 18.0 Å². The second kappa shape index (κ2) is 5.30. The van der Waals surface area contributed by atoms with Gasteiger partial charge in [-0.05, 0) is 25.8 Å². The number of hydrogen-bond acceptors (Lipinski definition) is 3. The lowest BCUT2D eigenvalue weighted by Gasteiger charge is -2.30. The molecular weight excluding hydrogens is 212 g/mol. The van der Waals surface area contributed by atoms with Gasteiger partial charge in [0.1, 0.15) is 5.75 Å². The van der Waals surface area contributed by atoms with Crippen molar-refractivity contribution >= 4 is 11.4 Å². The summed E-state index contributed by atoms with van der Waals surface area (Å²) in [6, 6.07) is 6.67. The van der Waals surface area contributed by atoms with Crippen LogP contribution < -0.4 is 15.4 Å². The van der Waals surface area contributed by atoms with Crippen LogP contribution in [-0.2, 0) is 0 Å². The van der Waals surface area contributed by atoms with Gasteiger partial charge in [0.15, 0.2) is 0 Å². The normalized spacial score (nSPS) is 16.1. The van der Waals surface area contributed by atoms with Crippen LogP contribution in [0.4, 0.5) is 11.4 Å². The molecule has 0 aliphatic heterocycles. The highest BCUT2D eigenvalue weighted by atomic mass is 16.5. The summed E-state index contributed by atoms with van der Waals surface area (Å²) in [5.41, 5.74) is 7.88. The highest BCUT2D eigenvalue weighted by Gasteiger charge is 2.22. The molecule has 0 heterocycles. The van der Waals surface area contributed by atoms with E-state index in [1.165, 1.54) is 31.4 Å². The molecule has 1 aliphatic rings. The first-order chi connectivity index (χ1) is 8.24. The van der Waals surface area contributed by atoms with E-state index >= 15 is 0 Å². The number of ether oxygens (including phenoxy) is 1. The van der Waals surface area contributed by atoms with Gasteiger partial charge < -0.3 is 15.4 Å². The first-order valence-corrected chi connectivity index (χ1v) is 6.45. The summed E-state index contributed by atoms with van der Waals surface area (Å²) < 4.78 is 5.29. The summed E-state index contributed by atoms with van der Waals surface area (Å²) in [4.78, 5) is 2.45. The van der Waals surface area contributed by atoms with Crippen LogP contribution in [0.3, 0.4) is 0 Å². The van der Waals surface area contributed by atoms with Crippen molar-refractivity contribution in [1.29, 1.82) is 0 Å². The number of methoxy groups -OCH3 is 1. The number of nitrogens with zero attached hydrogens (tertiary/aromatic N) is 1. The third-order valence-electron chi connectivity index (χ3n) is 3.59. The Kier molecular flexibility index (Phi) is 3.77. The third kappa shape index (κ3) is 2.65. The summed E-state index contributed by atoms with van der Waals surface area (Å²) in [6.07, 6.45) is 5.29. The van der Waals surface area contributed by atoms with Crippen LogP contribution >= 0.6 is 0 Å². The minimum atomic E-state index is 0.673. The SMILES string of the molecule is CCN(c1cc(N)cc(OC)c1)C1CCCC1. The van der Waals surface area contributed by atoms with Gasteiger partial charge in [-0.1, -0.05) is 12.8 Å². The van der Waals surface area contributed by atoms with E-state index in [4.69, 9.17) is 10.5 Å². The van der Waals surface area contributed by atoms with Crippen LogP contribution in [0.1, 0.15) is 32.6 Å². The van der Waals surface area contributed by atoms with Crippen LogP contribution in [0.2, 0.25) is 0 Å². The van der Waals surface area contributed by atoms with Gasteiger partial charge in [-0.15, -0.1) is 0 Å². The van der Waals surface area contributed by atoms with E-state index in [-0.39, 0.29) is 0 Å². The summed E-state index contributed by atoms with van der Waals surface area (Å²) >= 11 is 0. The van der Waals surface area contributed by atoms with E-state index in [1.54, 1.807) is 7.11 Å². The van der Waals surface area contributed by atoms with Gasteiger partial charge in [-0.25, -0.2) is 0 Å². The average molecular weight is 234 g/mol. The Morgan fingerprint density at radius 1 is 1.29 bits per heavy atom. The lowest BCUT2D eigenvalue weighted by Crippen LogP contribution is -2.32. The Morgan fingerprint density at radius 3 is 2.59 bits per heavy atom. The molecule has 2 N–H and O–H groups in total. The molecule has 2 rings (SSSR count). The maximum Gasteiger partial charge on any atom is 0.122 e. The zero-order valence-corrected chi connectivity index (χ0v) is 10.8. The molecule has 0 bridgehead atoms. The number of hydrogen-bond donors (Lipinski definition) is 1. The lowest BCUT2D eigenvalue weighted by atomic mass is 10.1. The molecule has 0 unspecified atom stereocenters. The first-order valence-electron chi connectivity index (χ1n) is 6.45. The topological polar surface area (TPSA) is 38.5 Å². The Labute approximate surface area is 104 Å². The van der Waals surface area contributed by atoms with Crippen molar-refractivity contribution in [3.8, 4) is 5.75 Å². The van der Waals surface area contributed by atoms with Gasteiger partial charge in [0.05, 0.1) is 7.11 Å². The molecule has 1 aromatic rings. The molecule has 3 heteroatoms. The highest BCUT2D eigenvalue weighted by molar-refractivity contribution is 5.61. The minimum absolute atomic E-state index is 0.673. The van der Waals surface area contributed by atoms with E-state index in [2.05, 4.69) is 17.9 Å². The molecule has 1 fully saturated rings. The maximum absolute atomic E-state index is 5.92. The molecule has 1 saturated carbocycles. The molecule has 3 nitrogen and oxygen atoms in total. The van der Waals surface area contributed by atoms with Gasteiger partial charge >= 0.3 is 0 Å². The monoisotopic (exact) mass is 234 g/mol. The molecule has 0 spiro atoms. The molecule has 1 aromatic carbocycles. The van der Waals surface area contributed by atoms with Crippen molar-refractivity contribution in [2.45, 2.75) is 38.6 Å². The number of nitrogen functional groups attached to an aromatic ring is 1. The molecule has 0 saturated heterocycles. The maximum atomic E-state index is 5.92. The average Bonchev–Trinajstić information content (AvgIpc) is 2.83. The molecule has 1 aliphatic carbocycles. The minimum Gasteiger partial charge on any atom is -0.497 e. The highest BCUT2D eigenvalue weighted by Crippen LogP contribution is 2.31. The van der Waals surface area contributed by atoms with E-state index in [1.807, 2.05) is 12.1 Å². The van der Waals surface area contributed by atoms with Gasteiger partial charge in [-0.2, -0.15) is 0 Å². The third-order valence-corrected chi connectivity index (χ3v) is 3.59. The fraction of sp³-hybridized carbons (Fsp3) is 0.571. The van der Waals surface area contributed by atoms with Crippen molar-refractivity contribution in [1.82, 2.24) is 0 Å². The Hall–Kier alpha value is -1.38. The van der Waals surface area contributed by atoms with Crippen molar-refractivity contribution in [2.24, 2.45) is 0 Å². The molecule has 17 heavy (non-hydrogen) atoms. The predicted molar refractivity (Wildman–Crippen MR) is 72.7 cm³/mol. The first kappa shape index (κ1) is 12.1. The van der Waals surface area contributed by atoms with Crippen molar-refractivity contribution in [3.05, 3.63) is 18.2 Å². The molecular formula is C14H22N2O. The van der Waals surface area contributed by atoms with E-state index in [9.17, 15) is 0 Å². The quantitative estimate of drug-likeness (QED) is 0.814. The summed E-state index contributed by atoms with van der Waals surface area (Å²) in [7, 11) is 1.68. The van der Waals surface area contributed by atoms with Gasteiger partial charge in [0.2, 0.25) is 0 Å². The largest absolute Gasteiger partial charge is 0.497 e. The summed E-state index contributed by atoms with van der Waals surface area (Å²) in [6.45, 7) is 3.23. The van der Waals surface area contributed by atoms with Crippen molar-refractivity contribution in [3.63, 3.8) is 0 Å². The second-order valence-electron chi connectivity index (χ2n) is 4.69. The smallest absolute Gasteiger partial charge is 0.122 e. The lowest BCUT2D eigenvalue weighted by molar-refractivity contribution is 0.415. The molecule has 0 amide bonds. The Bertz CT molecular complexity index is 372. The number of rotatable bonds is 4. The Balaban J connectivity index is 2.25. The second-order valence-corrected chi connectivity index (χ2v) is 4.69. The van der Waals surface area contributed by atoms with Crippen LogP contribution in [0.25, 0.3) is 0 Å². The van der Waals surface area contributed by atoms with E-state index in [0.29, 0.717) is 6.04 Å². The van der Waals surface area contributed by atoms with Gasteiger partial charge in [-0.3, -0.25) is 0 Å². The van der Waals surface area contributed by atoms with Crippen LogP contribution in [-0.4, -0.2) is 19.7 Å². The molecule has 0 aromatic heterocycles. The van der Waals surface area contributed by atoms with Crippen LogP contribution in [0, 0.1) is 0 Å². The zero-order valence-electron chi connectivity index (χ0n) is 10.8. The van der Waals surface area contributed by atoms with Gasteiger partial charge in [0, 0.05) is 36.1 Å². The van der Waals surface area contributed by atoms with Crippen LogP contribution in [0.15, 0.2) is 18.2 Å². The van der Waals surface area contributed by atoms with Gasteiger partial charge in [0.25, 0.3) is 0 Å². The Morgan fingerprint density at radius 2 is 2.00 bits per heavy atom. The van der Waals surface area contributed by atoms with Crippen LogP contribution in [0.5, 0.6) is 5.75 Å². The molecule has 0 radical (unpaired) electrons. The van der Waals surface area contributed by atoms with E-state index < -0.39 is 0 Å². The predicted octanol–water partition coefficient (Wildman–Crippen LogP) is 3.05. The molecule has 94 valence electrons. The summed E-state index contributed by atoms with van der Waals surface area (Å²) in [5, 5.41) is 0. The molecule has 0 atom stereocenters. The standard InChI is InChI=1S/C14H22N2O/c1-3-16(12-6-4-5-7-12)13-8-11(15)9-14(10-13)17-2/h8-10,12H,3-7,15H2,1-2H3. The number of benzene rings is 1. The zero-order chi connectivity index (χ0) is 12.3. The number of nitrogens with two attached hydrogens (primary N) is 1. The van der Waals surface area contributed by atoms with Crippen molar-refractivity contribution < 1.29 is 4.74 Å². The van der Waals surface area contributed by atoms with Crippen molar-refractivity contribution in [2.75, 3.05) is 24.3 Å².